The van der Waals surface area contributed by atoms with Gasteiger partial charge in [0.05, 0.1) is 18.8 Å². The number of carbonyl (C=O) groups is 1. The standard InChI is InChI=1S/C33H48O5/c1-22(8-7-17-34)25-11-12-26-29-27(13-14-32(25,26)3)31(2)15-16-33(36-18-19-37-33)21-24(31)20-28(29)38-30(35)23-9-5-4-6-10-23/h4-6,9-10,22,24-29,34H,7-8,11-21H2,1-3H3/t22-,24+,25?,26?,27?,28-,29?,31?,32?/m1/s1. The molecule has 6 rings (SSSR count). The van der Waals surface area contributed by atoms with E-state index in [4.69, 9.17) is 14.2 Å². The van der Waals surface area contributed by atoms with Crippen molar-refractivity contribution in [3.05, 3.63) is 35.9 Å². The van der Waals surface area contributed by atoms with Crippen LogP contribution >= 0.6 is 0 Å². The van der Waals surface area contributed by atoms with E-state index in [1.54, 1.807) is 0 Å². The topological polar surface area (TPSA) is 65.0 Å². The normalized spacial score (nSPS) is 42.2. The first kappa shape index (κ1) is 26.8. The number of ether oxygens (including phenoxy) is 3. The molecule has 1 spiro atoms. The molecule has 0 bridgehead atoms. The molecule has 0 radical (unpaired) electrons. The zero-order valence-electron chi connectivity index (χ0n) is 23.7. The number of esters is 1. The van der Waals surface area contributed by atoms with E-state index in [0.29, 0.717) is 54.3 Å². The molecule has 0 aromatic heterocycles. The zero-order valence-corrected chi connectivity index (χ0v) is 23.7. The van der Waals surface area contributed by atoms with Crippen molar-refractivity contribution in [1.29, 1.82) is 0 Å². The summed E-state index contributed by atoms with van der Waals surface area (Å²) in [6.07, 6.45) is 10.9. The van der Waals surface area contributed by atoms with Crippen LogP contribution in [0.25, 0.3) is 0 Å². The van der Waals surface area contributed by atoms with Crippen LogP contribution in [0.3, 0.4) is 0 Å². The van der Waals surface area contributed by atoms with Gasteiger partial charge in [0.25, 0.3) is 0 Å². The predicted molar refractivity (Wildman–Crippen MR) is 146 cm³/mol. The Labute approximate surface area is 229 Å². The summed E-state index contributed by atoms with van der Waals surface area (Å²) in [5.74, 6) is 2.72. The molecule has 4 aliphatic carbocycles. The second-order valence-corrected chi connectivity index (χ2v) is 13.9. The molecule has 38 heavy (non-hydrogen) atoms. The van der Waals surface area contributed by atoms with Crippen molar-refractivity contribution < 1.29 is 24.1 Å². The molecule has 4 saturated carbocycles. The minimum absolute atomic E-state index is 0.0570. The van der Waals surface area contributed by atoms with Gasteiger partial charge in [-0.25, -0.2) is 4.79 Å². The van der Waals surface area contributed by atoms with Crippen molar-refractivity contribution >= 4 is 5.97 Å². The molecule has 1 N–H and O–H groups in total. The van der Waals surface area contributed by atoms with Gasteiger partial charge < -0.3 is 19.3 Å². The Morgan fingerprint density at radius 3 is 2.50 bits per heavy atom. The summed E-state index contributed by atoms with van der Waals surface area (Å²) in [5, 5.41) is 9.47. The summed E-state index contributed by atoms with van der Waals surface area (Å²) in [4.78, 5) is 13.4. The fraction of sp³-hybridized carbons (Fsp3) is 0.788. The molecule has 1 heterocycles. The molecule has 6 unspecified atom stereocenters. The summed E-state index contributed by atoms with van der Waals surface area (Å²) in [7, 11) is 0. The molecule has 9 atom stereocenters. The summed E-state index contributed by atoms with van der Waals surface area (Å²) in [6, 6.07) is 9.54. The van der Waals surface area contributed by atoms with Gasteiger partial charge in [-0.05, 0) is 104 Å². The highest BCUT2D eigenvalue weighted by atomic mass is 16.7. The number of aliphatic hydroxyl groups is 1. The quantitative estimate of drug-likeness (QED) is 0.423. The Morgan fingerprint density at radius 1 is 1.03 bits per heavy atom. The second kappa shape index (κ2) is 10.2. The Bertz CT molecular complexity index is 988. The van der Waals surface area contributed by atoms with Gasteiger partial charge in [-0.1, -0.05) is 39.0 Å². The number of fused-ring (bicyclic) bond motifs is 5. The Kier molecular flexibility index (Phi) is 7.18. The maximum atomic E-state index is 13.4. The predicted octanol–water partition coefficient (Wildman–Crippen LogP) is 6.63. The van der Waals surface area contributed by atoms with E-state index in [2.05, 4.69) is 20.8 Å². The lowest BCUT2D eigenvalue weighted by Gasteiger charge is -2.63. The number of hydrogen-bond acceptors (Lipinski definition) is 5. The van der Waals surface area contributed by atoms with Crippen molar-refractivity contribution in [2.75, 3.05) is 19.8 Å². The van der Waals surface area contributed by atoms with E-state index in [9.17, 15) is 9.90 Å². The van der Waals surface area contributed by atoms with E-state index in [1.807, 2.05) is 30.3 Å². The highest BCUT2D eigenvalue weighted by molar-refractivity contribution is 5.89. The molecule has 5 aliphatic rings. The van der Waals surface area contributed by atoms with Gasteiger partial charge in [-0.15, -0.1) is 0 Å². The van der Waals surface area contributed by atoms with E-state index in [0.717, 1.165) is 38.5 Å². The van der Waals surface area contributed by atoms with E-state index in [1.165, 1.54) is 25.7 Å². The Morgan fingerprint density at radius 2 is 1.76 bits per heavy atom. The minimum atomic E-state index is -0.422. The van der Waals surface area contributed by atoms with Crippen molar-refractivity contribution in [1.82, 2.24) is 0 Å². The maximum Gasteiger partial charge on any atom is 0.338 e. The molecule has 5 fully saturated rings. The first-order valence-electron chi connectivity index (χ1n) is 15.4. The average molecular weight is 525 g/mol. The van der Waals surface area contributed by atoms with Crippen molar-refractivity contribution in [3.63, 3.8) is 0 Å². The highest BCUT2D eigenvalue weighted by Crippen LogP contribution is 2.69. The van der Waals surface area contributed by atoms with Crippen LogP contribution in [0, 0.1) is 46.3 Å². The van der Waals surface area contributed by atoms with Crippen LogP contribution in [0.2, 0.25) is 0 Å². The molecular weight excluding hydrogens is 476 g/mol. The third-order valence-electron chi connectivity index (χ3n) is 12.3. The van der Waals surface area contributed by atoms with Gasteiger partial charge >= 0.3 is 5.97 Å². The molecule has 0 amide bonds. The van der Waals surface area contributed by atoms with Gasteiger partial charge in [0.2, 0.25) is 0 Å². The van der Waals surface area contributed by atoms with Crippen LogP contribution in [-0.2, 0) is 14.2 Å². The maximum absolute atomic E-state index is 13.4. The summed E-state index contributed by atoms with van der Waals surface area (Å²) >= 11 is 0. The SMILES string of the molecule is C[C@H](CCCO)C1CCC2C3C(CCC21C)C1(C)CCC2(C[C@@H]1C[C@H]3OC(=O)c1ccccc1)OCCO2. The van der Waals surface area contributed by atoms with Crippen LogP contribution in [0.5, 0.6) is 0 Å². The van der Waals surface area contributed by atoms with Gasteiger partial charge in [0.15, 0.2) is 5.79 Å². The number of rotatable bonds is 6. The summed E-state index contributed by atoms with van der Waals surface area (Å²) < 4.78 is 19.0. The van der Waals surface area contributed by atoms with Gasteiger partial charge in [0, 0.05) is 25.4 Å². The summed E-state index contributed by atoms with van der Waals surface area (Å²) in [6.45, 7) is 9.19. The van der Waals surface area contributed by atoms with E-state index in [-0.39, 0.29) is 29.5 Å². The summed E-state index contributed by atoms with van der Waals surface area (Å²) in [5.41, 5.74) is 1.17. The van der Waals surface area contributed by atoms with E-state index < -0.39 is 5.79 Å². The smallest absolute Gasteiger partial charge is 0.338 e. The minimum Gasteiger partial charge on any atom is -0.458 e. The molecule has 1 aromatic rings. The van der Waals surface area contributed by atoms with Crippen molar-refractivity contribution in [2.24, 2.45) is 46.3 Å². The number of carbonyl (C=O) groups excluding carboxylic acids is 1. The largest absolute Gasteiger partial charge is 0.458 e. The third kappa shape index (κ3) is 4.36. The molecular formula is C33H48O5. The van der Waals surface area contributed by atoms with Crippen LogP contribution in [-0.4, -0.2) is 42.8 Å². The highest BCUT2D eigenvalue weighted by Gasteiger charge is 2.65. The van der Waals surface area contributed by atoms with Gasteiger partial charge in [-0.3, -0.25) is 0 Å². The average Bonchev–Trinajstić information content (AvgIpc) is 3.52. The molecule has 1 saturated heterocycles. The fourth-order valence-corrected chi connectivity index (χ4v) is 10.4. The van der Waals surface area contributed by atoms with E-state index >= 15 is 0 Å². The molecule has 1 aliphatic heterocycles. The lowest BCUT2D eigenvalue weighted by Crippen LogP contribution is -2.60. The fourth-order valence-electron chi connectivity index (χ4n) is 10.4. The van der Waals surface area contributed by atoms with Gasteiger partial charge in [0.1, 0.15) is 6.10 Å². The first-order chi connectivity index (χ1) is 18.3. The first-order valence-corrected chi connectivity index (χ1v) is 15.4. The lowest BCUT2D eigenvalue weighted by atomic mass is 9.43. The Hall–Kier alpha value is -1.43. The Balaban J connectivity index is 1.31. The van der Waals surface area contributed by atoms with Gasteiger partial charge in [-0.2, -0.15) is 0 Å². The second-order valence-electron chi connectivity index (χ2n) is 13.9. The monoisotopic (exact) mass is 524 g/mol. The van der Waals surface area contributed by atoms with Crippen LogP contribution in [0.1, 0.15) is 95.3 Å². The molecule has 210 valence electrons. The van der Waals surface area contributed by atoms with Crippen LogP contribution in [0.15, 0.2) is 30.3 Å². The van der Waals surface area contributed by atoms with Crippen LogP contribution < -0.4 is 0 Å². The third-order valence-corrected chi connectivity index (χ3v) is 12.3. The van der Waals surface area contributed by atoms with Crippen molar-refractivity contribution in [2.45, 2.75) is 96.9 Å². The van der Waals surface area contributed by atoms with Crippen LogP contribution in [0.4, 0.5) is 0 Å². The number of benzene rings is 1. The molecule has 5 nitrogen and oxygen atoms in total. The lowest BCUT2D eigenvalue weighted by molar-refractivity contribution is -0.242. The molecule has 1 aromatic carbocycles. The molecule has 5 heteroatoms. The number of aliphatic hydroxyl groups excluding tert-OH is 1. The number of hydrogen-bond donors (Lipinski definition) is 1. The van der Waals surface area contributed by atoms with Crippen molar-refractivity contribution in [3.8, 4) is 0 Å². The zero-order chi connectivity index (χ0) is 26.5.